The molecule has 1 aliphatic heterocycles. The summed E-state index contributed by atoms with van der Waals surface area (Å²) in [6.07, 6.45) is 0.494. The molecule has 1 atom stereocenters. The molecule has 1 aromatic heterocycles. The fourth-order valence-corrected chi connectivity index (χ4v) is 3.98. The molecule has 3 aromatic rings. The first-order chi connectivity index (χ1) is 16.3. The molecule has 1 saturated heterocycles. The molecule has 1 aliphatic rings. The van der Waals surface area contributed by atoms with E-state index in [0.29, 0.717) is 24.9 Å². The molecule has 1 fully saturated rings. The van der Waals surface area contributed by atoms with Gasteiger partial charge in [0.15, 0.2) is 11.6 Å². The van der Waals surface area contributed by atoms with Crippen molar-refractivity contribution in [2.45, 2.75) is 19.4 Å². The highest BCUT2D eigenvalue weighted by Gasteiger charge is 2.25. The summed E-state index contributed by atoms with van der Waals surface area (Å²) in [4.78, 5) is 27.5. The molecule has 34 heavy (non-hydrogen) atoms. The summed E-state index contributed by atoms with van der Waals surface area (Å²) in [6.45, 7) is 5.35. The van der Waals surface area contributed by atoms with Gasteiger partial charge < -0.3 is 4.90 Å². The largest absolute Gasteiger partial charge is 0.369 e. The summed E-state index contributed by atoms with van der Waals surface area (Å²) in [5.41, 5.74) is 0.794. The highest BCUT2D eigenvalue weighted by molar-refractivity contribution is 5.98. The molecule has 0 saturated carbocycles. The summed E-state index contributed by atoms with van der Waals surface area (Å²) in [5.74, 6) is -1.71. The van der Waals surface area contributed by atoms with Crippen LogP contribution in [0.25, 0.3) is 0 Å². The third kappa shape index (κ3) is 5.06. The van der Waals surface area contributed by atoms with Crippen molar-refractivity contribution in [3.63, 3.8) is 0 Å². The van der Waals surface area contributed by atoms with E-state index in [-0.39, 0.29) is 11.3 Å². The summed E-state index contributed by atoms with van der Waals surface area (Å²) < 4.78 is 28.6. The van der Waals surface area contributed by atoms with Gasteiger partial charge in [0, 0.05) is 63.0 Å². The molecule has 2 heterocycles. The fourth-order valence-electron chi connectivity index (χ4n) is 3.98. The number of tetrazole rings is 1. The average molecular weight is 471 g/mol. The van der Waals surface area contributed by atoms with E-state index in [9.17, 15) is 23.7 Å². The van der Waals surface area contributed by atoms with Gasteiger partial charge in [-0.05, 0) is 41.6 Å². The van der Waals surface area contributed by atoms with Crippen LogP contribution in [0.2, 0.25) is 0 Å². The van der Waals surface area contributed by atoms with E-state index in [1.807, 2.05) is 0 Å². The van der Waals surface area contributed by atoms with Crippen molar-refractivity contribution in [2.24, 2.45) is 0 Å². The standard InChI is InChI=1S/C22H23F2N7O3/c1-15(22(32)19-7-2-16(23)14-20(19)24)30-21(25-26-27-30)8-9-28-10-12-29(13-11-28)17-3-5-18(6-4-17)31(33)34/h2-7,14-15H,8-13H2,1H3. The number of piperazine rings is 1. The maximum absolute atomic E-state index is 14.0. The number of anilines is 1. The minimum absolute atomic E-state index is 0.0648. The molecule has 1 unspecified atom stereocenters. The van der Waals surface area contributed by atoms with Crippen LogP contribution in [0, 0.1) is 21.7 Å². The monoisotopic (exact) mass is 471 g/mol. The number of hydrogen-bond acceptors (Lipinski definition) is 8. The number of carbonyl (C=O) groups excluding carboxylic acids is 1. The summed E-state index contributed by atoms with van der Waals surface area (Å²) in [6, 6.07) is 8.51. The van der Waals surface area contributed by atoms with Gasteiger partial charge in [0.1, 0.15) is 17.7 Å². The van der Waals surface area contributed by atoms with Crippen LogP contribution in [-0.4, -0.2) is 68.5 Å². The minimum Gasteiger partial charge on any atom is -0.369 e. The third-order valence-electron chi connectivity index (χ3n) is 5.95. The lowest BCUT2D eigenvalue weighted by atomic mass is 10.0. The number of nitro benzene ring substituents is 1. The zero-order chi connectivity index (χ0) is 24.2. The number of ketones is 1. The van der Waals surface area contributed by atoms with Gasteiger partial charge in [0.2, 0.25) is 0 Å². The number of benzene rings is 2. The highest BCUT2D eigenvalue weighted by Crippen LogP contribution is 2.21. The molecule has 0 spiro atoms. The van der Waals surface area contributed by atoms with E-state index >= 15 is 0 Å². The summed E-state index contributed by atoms with van der Waals surface area (Å²) >= 11 is 0. The molecule has 0 N–H and O–H groups in total. The Morgan fingerprint density at radius 2 is 1.82 bits per heavy atom. The topological polar surface area (TPSA) is 110 Å². The molecule has 2 aromatic carbocycles. The van der Waals surface area contributed by atoms with Crippen molar-refractivity contribution in [1.29, 1.82) is 0 Å². The third-order valence-corrected chi connectivity index (χ3v) is 5.95. The van der Waals surface area contributed by atoms with Gasteiger partial charge in [-0.25, -0.2) is 13.5 Å². The number of hydrogen-bond donors (Lipinski definition) is 0. The summed E-state index contributed by atoms with van der Waals surface area (Å²) in [5, 5.41) is 22.4. The van der Waals surface area contributed by atoms with Crippen LogP contribution in [0.15, 0.2) is 42.5 Å². The van der Waals surface area contributed by atoms with Gasteiger partial charge in [-0.2, -0.15) is 0 Å². The van der Waals surface area contributed by atoms with Crippen LogP contribution in [0.1, 0.15) is 29.1 Å². The van der Waals surface area contributed by atoms with E-state index in [4.69, 9.17) is 0 Å². The lowest BCUT2D eigenvalue weighted by molar-refractivity contribution is -0.384. The molecular formula is C22H23F2N7O3. The smallest absolute Gasteiger partial charge is 0.269 e. The Bertz CT molecular complexity index is 1180. The Hall–Kier alpha value is -3.80. The first-order valence-electron chi connectivity index (χ1n) is 10.8. The number of nitrogens with zero attached hydrogens (tertiary/aromatic N) is 7. The zero-order valence-corrected chi connectivity index (χ0v) is 18.5. The van der Waals surface area contributed by atoms with Crippen LogP contribution in [0.4, 0.5) is 20.2 Å². The van der Waals surface area contributed by atoms with Gasteiger partial charge in [-0.1, -0.05) is 0 Å². The molecule has 10 nitrogen and oxygen atoms in total. The van der Waals surface area contributed by atoms with Gasteiger partial charge in [0.05, 0.1) is 10.5 Å². The number of nitro groups is 1. The molecule has 0 bridgehead atoms. The molecule has 178 valence electrons. The van der Waals surface area contributed by atoms with Gasteiger partial charge in [-0.3, -0.25) is 19.8 Å². The van der Waals surface area contributed by atoms with E-state index in [1.165, 1.54) is 16.8 Å². The van der Waals surface area contributed by atoms with E-state index in [1.54, 1.807) is 19.1 Å². The molecular weight excluding hydrogens is 448 g/mol. The Morgan fingerprint density at radius 1 is 1.12 bits per heavy atom. The lowest BCUT2D eigenvalue weighted by Gasteiger charge is -2.36. The van der Waals surface area contributed by atoms with E-state index in [0.717, 1.165) is 44.0 Å². The summed E-state index contributed by atoms with van der Waals surface area (Å²) in [7, 11) is 0. The second kappa shape index (κ2) is 10.00. The zero-order valence-electron chi connectivity index (χ0n) is 18.5. The lowest BCUT2D eigenvalue weighted by Crippen LogP contribution is -2.47. The minimum atomic E-state index is -0.919. The predicted octanol–water partition coefficient (Wildman–Crippen LogP) is 2.67. The van der Waals surface area contributed by atoms with E-state index in [2.05, 4.69) is 25.3 Å². The number of non-ortho nitro benzene ring substituents is 1. The van der Waals surface area contributed by atoms with Crippen LogP contribution < -0.4 is 4.90 Å². The first kappa shape index (κ1) is 23.4. The number of halogens is 2. The maximum atomic E-state index is 14.0. The number of carbonyl (C=O) groups is 1. The van der Waals surface area contributed by atoms with Crippen molar-refractivity contribution < 1.29 is 18.5 Å². The van der Waals surface area contributed by atoms with Crippen molar-refractivity contribution in [1.82, 2.24) is 25.1 Å². The fraction of sp³-hybridized carbons (Fsp3) is 0.364. The van der Waals surface area contributed by atoms with Crippen molar-refractivity contribution in [3.05, 3.63) is 75.6 Å². The number of Topliss-reactive ketones (excluding diaryl/α,β-unsaturated/α-hetero) is 1. The molecule has 0 amide bonds. The Labute approximate surface area is 193 Å². The van der Waals surface area contributed by atoms with Crippen LogP contribution in [0.3, 0.4) is 0 Å². The van der Waals surface area contributed by atoms with Crippen LogP contribution >= 0.6 is 0 Å². The van der Waals surface area contributed by atoms with E-state index < -0.39 is 28.4 Å². The molecule has 0 radical (unpaired) electrons. The second-order valence-corrected chi connectivity index (χ2v) is 8.06. The van der Waals surface area contributed by atoms with Gasteiger partial charge >= 0.3 is 0 Å². The normalized spacial score (nSPS) is 15.3. The van der Waals surface area contributed by atoms with Crippen molar-refractivity contribution >= 4 is 17.2 Å². The van der Waals surface area contributed by atoms with Crippen molar-refractivity contribution in [3.8, 4) is 0 Å². The Kier molecular flexibility index (Phi) is 6.87. The quantitative estimate of drug-likeness (QED) is 0.280. The molecule has 4 rings (SSSR count). The second-order valence-electron chi connectivity index (χ2n) is 8.06. The highest BCUT2D eigenvalue weighted by atomic mass is 19.1. The van der Waals surface area contributed by atoms with Crippen LogP contribution in [-0.2, 0) is 6.42 Å². The SMILES string of the molecule is CC(C(=O)c1ccc(F)cc1F)n1nnnc1CCN1CCN(c2ccc([N+](=O)[O-])cc2)CC1. The average Bonchev–Trinajstić information content (AvgIpc) is 3.31. The van der Waals surface area contributed by atoms with Crippen molar-refractivity contribution in [2.75, 3.05) is 37.6 Å². The van der Waals surface area contributed by atoms with Gasteiger partial charge in [0.25, 0.3) is 5.69 Å². The molecule has 12 heteroatoms. The predicted molar refractivity (Wildman–Crippen MR) is 119 cm³/mol. The number of rotatable bonds is 8. The maximum Gasteiger partial charge on any atom is 0.269 e. The van der Waals surface area contributed by atoms with Crippen LogP contribution in [0.5, 0.6) is 0 Å². The molecule has 0 aliphatic carbocycles. The van der Waals surface area contributed by atoms with Gasteiger partial charge in [-0.15, -0.1) is 5.10 Å². The first-order valence-corrected chi connectivity index (χ1v) is 10.8. The number of aromatic nitrogens is 4. The Morgan fingerprint density at radius 3 is 2.47 bits per heavy atom. The Balaban J connectivity index is 1.33.